The van der Waals surface area contributed by atoms with Crippen molar-refractivity contribution in [2.24, 2.45) is 0 Å². The third-order valence-corrected chi connectivity index (χ3v) is 3.47. The average molecular weight is 385 g/mol. The van der Waals surface area contributed by atoms with Crippen molar-refractivity contribution in [3.05, 3.63) is 146 Å². The van der Waals surface area contributed by atoms with Crippen LogP contribution in [0.25, 0.3) is 0 Å². The second kappa shape index (κ2) is 24.9. The number of hydrogen-bond donors (Lipinski definition) is 0. The molecule has 0 aromatic carbocycles. The van der Waals surface area contributed by atoms with E-state index in [4.69, 9.17) is 0 Å². The number of unbranched alkanes of at least 4 members (excludes halogenated alkanes) is 3. The summed E-state index contributed by atoms with van der Waals surface area (Å²) in [7, 11) is 0. The van der Waals surface area contributed by atoms with Crippen molar-refractivity contribution in [1.82, 2.24) is 0 Å². The fourth-order valence-electron chi connectivity index (χ4n) is 1.98. The molecule has 0 unspecified atom stereocenters. The van der Waals surface area contributed by atoms with Gasteiger partial charge in [-0.25, -0.2) is 0 Å². The Bertz CT molecular complexity index is 692. The van der Waals surface area contributed by atoms with E-state index in [-0.39, 0.29) is 0 Å². The van der Waals surface area contributed by atoms with Gasteiger partial charge in [0.15, 0.2) is 0 Å². The van der Waals surface area contributed by atoms with E-state index in [2.05, 4.69) is 31.7 Å². The standard InChI is InChI=1S/C29H36/c1-3-5-7-9-11-13-15-17-19-21-23-25-27-29-28-26-24-22-20-18-16-14-12-10-8-6-4-2/h3,5,7,9,11-29H,1,4,6,8,10H2,2H3/b7-5+,11-9+,14-12+,15-13+,18-16+,19-17+,22-20+,23-21+,26-24+,27-25+,29-28+. The third-order valence-electron chi connectivity index (χ3n) is 3.47. The van der Waals surface area contributed by atoms with Crippen LogP contribution in [-0.4, -0.2) is 0 Å². The summed E-state index contributed by atoms with van der Waals surface area (Å²) in [6, 6.07) is 0. The van der Waals surface area contributed by atoms with Crippen LogP contribution in [-0.2, 0) is 0 Å². The van der Waals surface area contributed by atoms with Crippen LogP contribution in [0.5, 0.6) is 0 Å². The molecule has 0 spiro atoms. The molecule has 0 aliphatic rings. The molecular formula is C29H36. The van der Waals surface area contributed by atoms with Crippen LogP contribution in [0.15, 0.2) is 146 Å². The van der Waals surface area contributed by atoms with Gasteiger partial charge in [0.1, 0.15) is 0 Å². The highest BCUT2D eigenvalue weighted by molar-refractivity contribution is 5.23. The molecule has 0 bridgehead atoms. The van der Waals surface area contributed by atoms with E-state index in [9.17, 15) is 0 Å². The van der Waals surface area contributed by atoms with Crippen LogP contribution in [0, 0.1) is 0 Å². The lowest BCUT2D eigenvalue weighted by Crippen LogP contribution is -1.69. The Morgan fingerprint density at radius 2 is 0.724 bits per heavy atom. The van der Waals surface area contributed by atoms with Crippen LogP contribution in [0.1, 0.15) is 32.6 Å². The van der Waals surface area contributed by atoms with Gasteiger partial charge < -0.3 is 0 Å². The highest BCUT2D eigenvalue weighted by Gasteiger charge is 1.79. The monoisotopic (exact) mass is 384 g/mol. The van der Waals surface area contributed by atoms with E-state index < -0.39 is 0 Å². The van der Waals surface area contributed by atoms with E-state index in [0.29, 0.717) is 0 Å². The molecule has 0 N–H and O–H groups in total. The second-order valence-corrected chi connectivity index (χ2v) is 6.01. The maximum absolute atomic E-state index is 3.61. The normalized spacial score (nSPS) is 14.2. The quantitative estimate of drug-likeness (QED) is 0.195. The zero-order chi connectivity index (χ0) is 21.1. The van der Waals surface area contributed by atoms with Gasteiger partial charge in [-0.3, -0.25) is 0 Å². The molecule has 0 fully saturated rings. The van der Waals surface area contributed by atoms with Crippen molar-refractivity contribution >= 4 is 0 Å². The molecule has 0 heterocycles. The molecule has 29 heavy (non-hydrogen) atoms. The fraction of sp³-hybridized carbons (Fsp3) is 0.172. The Balaban J connectivity index is 3.88. The first kappa shape index (κ1) is 25.9. The summed E-state index contributed by atoms with van der Waals surface area (Å²) in [6.07, 6.45) is 51.2. The highest BCUT2D eigenvalue weighted by atomic mass is 13.9. The lowest BCUT2D eigenvalue weighted by atomic mass is 10.2. The Labute approximate surface area is 179 Å². The molecule has 0 aliphatic heterocycles. The SMILES string of the molecule is C=C/C=C/C=C/C=C/C=C/C=C/C=C/C=C/C=C/C=C/C=C/C=C/CCCCC. The Hall–Kier alpha value is -3.12. The van der Waals surface area contributed by atoms with Gasteiger partial charge in [0.05, 0.1) is 0 Å². The molecule has 0 aliphatic carbocycles. The largest absolute Gasteiger partial charge is 0.0991 e. The zero-order valence-corrected chi connectivity index (χ0v) is 17.8. The van der Waals surface area contributed by atoms with E-state index in [1.807, 2.05) is 115 Å². The van der Waals surface area contributed by atoms with Gasteiger partial charge in [-0.2, -0.15) is 0 Å². The average Bonchev–Trinajstić information content (AvgIpc) is 2.74. The predicted molar refractivity (Wildman–Crippen MR) is 135 cm³/mol. The van der Waals surface area contributed by atoms with Crippen LogP contribution in [0.2, 0.25) is 0 Å². The molecule has 152 valence electrons. The van der Waals surface area contributed by atoms with Crippen LogP contribution in [0.3, 0.4) is 0 Å². The third kappa shape index (κ3) is 24.9. The van der Waals surface area contributed by atoms with Gasteiger partial charge in [-0.15, -0.1) is 0 Å². The molecule has 0 atom stereocenters. The summed E-state index contributed by atoms with van der Waals surface area (Å²) in [5.41, 5.74) is 0. The van der Waals surface area contributed by atoms with E-state index in [1.165, 1.54) is 25.7 Å². The highest BCUT2D eigenvalue weighted by Crippen LogP contribution is 1.99. The van der Waals surface area contributed by atoms with Crippen LogP contribution >= 0.6 is 0 Å². The molecule has 0 nitrogen and oxygen atoms in total. The van der Waals surface area contributed by atoms with Gasteiger partial charge in [0.25, 0.3) is 0 Å². The summed E-state index contributed by atoms with van der Waals surface area (Å²) in [6.45, 7) is 5.84. The minimum absolute atomic E-state index is 1.18. The second-order valence-electron chi connectivity index (χ2n) is 6.01. The molecule has 0 aromatic rings. The Morgan fingerprint density at radius 1 is 0.414 bits per heavy atom. The molecule has 0 amide bonds. The summed E-state index contributed by atoms with van der Waals surface area (Å²) in [5.74, 6) is 0. The van der Waals surface area contributed by atoms with Crippen molar-refractivity contribution < 1.29 is 0 Å². The number of rotatable bonds is 15. The lowest BCUT2D eigenvalue weighted by molar-refractivity contribution is 0.729. The first-order chi connectivity index (χ1) is 14.4. The van der Waals surface area contributed by atoms with E-state index >= 15 is 0 Å². The smallest absolute Gasteiger partial charge is 0.0348 e. The maximum Gasteiger partial charge on any atom is -0.0348 e. The van der Waals surface area contributed by atoms with E-state index in [0.717, 1.165) is 0 Å². The predicted octanol–water partition coefficient (Wildman–Crippen LogP) is 8.87. The van der Waals surface area contributed by atoms with Crippen molar-refractivity contribution in [3.8, 4) is 0 Å². The molecule has 0 saturated carbocycles. The maximum atomic E-state index is 3.61. The van der Waals surface area contributed by atoms with Crippen LogP contribution < -0.4 is 0 Å². The molecule has 0 heteroatoms. The van der Waals surface area contributed by atoms with E-state index in [1.54, 1.807) is 6.08 Å². The number of hydrogen-bond acceptors (Lipinski definition) is 0. The zero-order valence-electron chi connectivity index (χ0n) is 17.8. The first-order valence-corrected chi connectivity index (χ1v) is 10.4. The minimum atomic E-state index is 1.18. The van der Waals surface area contributed by atoms with Crippen molar-refractivity contribution in [1.29, 1.82) is 0 Å². The molecule has 0 rings (SSSR count). The van der Waals surface area contributed by atoms with Gasteiger partial charge >= 0.3 is 0 Å². The fourth-order valence-corrected chi connectivity index (χ4v) is 1.98. The summed E-state index contributed by atoms with van der Waals surface area (Å²) in [4.78, 5) is 0. The van der Waals surface area contributed by atoms with Crippen molar-refractivity contribution in [2.45, 2.75) is 32.6 Å². The Kier molecular flexibility index (Phi) is 22.2. The van der Waals surface area contributed by atoms with Crippen molar-refractivity contribution in [3.63, 3.8) is 0 Å². The molecule has 0 radical (unpaired) electrons. The Morgan fingerprint density at radius 3 is 1.03 bits per heavy atom. The summed E-state index contributed by atoms with van der Waals surface area (Å²) >= 11 is 0. The van der Waals surface area contributed by atoms with Crippen molar-refractivity contribution in [2.75, 3.05) is 0 Å². The van der Waals surface area contributed by atoms with Gasteiger partial charge in [0.2, 0.25) is 0 Å². The molecule has 0 aromatic heterocycles. The molecule has 0 saturated heterocycles. The molecular weight excluding hydrogens is 348 g/mol. The summed E-state index contributed by atoms with van der Waals surface area (Å²) in [5, 5.41) is 0. The van der Waals surface area contributed by atoms with Gasteiger partial charge in [0, 0.05) is 0 Å². The number of allylic oxidation sites excluding steroid dienone is 23. The summed E-state index contributed by atoms with van der Waals surface area (Å²) < 4.78 is 0. The van der Waals surface area contributed by atoms with Crippen LogP contribution in [0.4, 0.5) is 0 Å². The first-order valence-electron chi connectivity index (χ1n) is 10.4. The lowest BCUT2D eigenvalue weighted by Gasteiger charge is -1.89. The topological polar surface area (TPSA) is 0 Å². The minimum Gasteiger partial charge on any atom is -0.0991 e. The van der Waals surface area contributed by atoms with Gasteiger partial charge in [-0.1, -0.05) is 166 Å². The van der Waals surface area contributed by atoms with Gasteiger partial charge in [-0.05, 0) is 12.8 Å².